The van der Waals surface area contributed by atoms with Crippen LogP contribution in [0.4, 0.5) is 13.2 Å². The molecule has 2 bridgehead atoms. The maximum absolute atomic E-state index is 14.0. The average Bonchev–Trinajstić information content (AvgIpc) is 3.82. The zero-order chi connectivity index (χ0) is 51.7. The minimum Gasteiger partial charge on any atom is -0.497 e. The lowest BCUT2D eigenvalue weighted by Gasteiger charge is -2.44. The van der Waals surface area contributed by atoms with Gasteiger partial charge in [0.05, 0.1) is 46.5 Å². The van der Waals surface area contributed by atoms with Gasteiger partial charge in [-0.2, -0.15) is 18.4 Å². The maximum atomic E-state index is 14.0. The molecule has 0 aliphatic carbocycles. The van der Waals surface area contributed by atoms with Gasteiger partial charge >= 0.3 is 17.8 Å². The number of H-pyrrole nitrogens is 1. The Bertz CT molecular complexity index is 2630. The summed E-state index contributed by atoms with van der Waals surface area (Å²) in [4.78, 5) is 54.3. The van der Waals surface area contributed by atoms with E-state index in [1.807, 2.05) is 107 Å². The number of aromatic nitrogens is 2. The van der Waals surface area contributed by atoms with Gasteiger partial charge in [0.15, 0.2) is 6.23 Å². The summed E-state index contributed by atoms with van der Waals surface area (Å²) in [5.74, 6) is 3.14. The van der Waals surface area contributed by atoms with Crippen molar-refractivity contribution in [1.82, 2.24) is 24.9 Å². The van der Waals surface area contributed by atoms with Gasteiger partial charge in [-0.15, -0.1) is 0 Å². The summed E-state index contributed by atoms with van der Waals surface area (Å²) >= 11 is 0. The quantitative estimate of drug-likeness (QED) is 0.0340. The summed E-state index contributed by atoms with van der Waals surface area (Å²) in [6, 6.07) is 25.8. The molecule has 2 aliphatic heterocycles. The molecule has 3 heterocycles. The molecule has 1 aromatic heterocycles. The van der Waals surface area contributed by atoms with Crippen molar-refractivity contribution < 1.29 is 50.8 Å². The fourth-order valence-electron chi connectivity index (χ4n) is 9.13. The molecule has 3 aromatic carbocycles. The van der Waals surface area contributed by atoms with E-state index in [0.717, 1.165) is 16.7 Å². The van der Waals surface area contributed by atoms with Crippen molar-refractivity contribution in [3.63, 3.8) is 0 Å². The van der Waals surface area contributed by atoms with Gasteiger partial charge in [-0.3, -0.25) is 23.9 Å². The van der Waals surface area contributed by atoms with Gasteiger partial charge in [-0.1, -0.05) is 80.3 Å². The van der Waals surface area contributed by atoms with E-state index in [9.17, 15) is 37.6 Å². The van der Waals surface area contributed by atoms with Gasteiger partial charge in [0, 0.05) is 23.7 Å². The number of carbonyl (C=O) groups excluding carboxylic acids is 2. The highest BCUT2D eigenvalue weighted by atomic mass is 31.2. The number of halogens is 3. The van der Waals surface area contributed by atoms with Crippen LogP contribution >= 0.6 is 8.53 Å². The van der Waals surface area contributed by atoms with Crippen molar-refractivity contribution in [1.29, 1.82) is 5.26 Å². The van der Waals surface area contributed by atoms with Crippen molar-refractivity contribution in [2.75, 3.05) is 34.0 Å². The van der Waals surface area contributed by atoms with E-state index in [2.05, 4.69) is 32.9 Å². The molecule has 20 heteroatoms. The number of rotatable bonds is 21. The Labute approximate surface area is 412 Å². The molecule has 2 amide bonds. The fraction of sp³-hybridized carbons (Fsp3) is 0.471. The number of hydrogen-bond donors (Lipinski definition) is 3. The molecule has 6 rings (SSSR count). The van der Waals surface area contributed by atoms with Crippen LogP contribution in [0, 0.1) is 29.1 Å². The molecular formula is C51H60F3N6O10P. The molecular weight excluding hydrogens is 945 g/mol. The van der Waals surface area contributed by atoms with Gasteiger partial charge in [0.2, 0.25) is 5.91 Å². The number of nitriles is 1. The number of carbonyl (C=O) groups is 2. The smallest absolute Gasteiger partial charge is 0.471 e. The third kappa shape index (κ3) is 12.4. The zero-order valence-corrected chi connectivity index (χ0v) is 41.8. The molecule has 0 saturated carbocycles. The van der Waals surface area contributed by atoms with Crippen molar-refractivity contribution in [2.45, 2.75) is 115 Å². The summed E-state index contributed by atoms with van der Waals surface area (Å²) in [6.45, 7) is 11.1. The molecule has 0 radical (unpaired) electrons. The number of amides is 2. The van der Waals surface area contributed by atoms with Gasteiger partial charge in [0.25, 0.3) is 14.1 Å². The minimum absolute atomic E-state index is 0.00382. The van der Waals surface area contributed by atoms with Crippen LogP contribution < -0.4 is 31.4 Å². The predicted octanol–water partition coefficient (Wildman–Crippen LogP) is 6.87. The van der Waals surface area contributed by atoms with Crippen LogP contribution in [0.5, 0.6) is 11.5 Å². The lowest BCUT2D eigenvalue weighted by Crippen LogP contribution is -2.51. The number of nitrogens with one attached hydrogen (secondary N) is 3. The van der Waals surface area contributed by atoms with Gasteiger partial charge in [-0.05, 0) is 87.4 Å². The fourth-order valence-corrected chi connectivity index (χ4v) is 10.9. The third-order valence-electron chi connectivity index (χ3n) is 12.2. The van der Waals surface area contributed by atoms with E-state index in [0.29, 0.717) is 11.5 Å². The topological polar surface area (TPSA) is 195 Å². The number of nitrogens with zero attached hydrogens (tertiary/aromatic N) is 3. The Kier molecular flexibility index (Phi) is 17.9. The first-order valence-electron chi connectivity index (χ1n) is 23.2. The van der Waals surface area contributed by atoms with E-state index in [-0.39, 0.29) is 56.0 Å². The number of benzene rings is 3. The summed E-state index contributed by atoms with van der Waals surface area (Å²) < 4.78 is 81.2. The average molecular weight is 1010 g/mol. The van der Waals surface area contributed by atoms with Crippen molar-refractivity contribution in [3.05, 3.63) is 128 Å². The molecule has 16 nitrogen and oxygen atoms in total. The van der Waals surface area contributed by atoms with E-state index in [4.69, 9.17) is 28.0 Å². The van der Waals surface area contributed by atoms with Crippen LogP contribution in [0.25, 0.3) is 0 Å². The Morgan fingerprint density at radius 3 is 2.06 bits per heavy atom. The normalized spacial score (nSPS) is 19.5. The summed E-state index contributed by atoms with van der Waals surface area (Å²) in [6.07, 6.45) is -6.97. The standard InChI is InChI=1S/C51H60F3N6O10P/c1-32(2)28-41(57-47(63)51(52,53)54)45(62)56-26-12-14-35-29-59(48(64)58-44(35)61)46-42-43(70-71(68-27-13-25-55)60(33(3)4)34(5)6)49(69-46,31-67-42)30-50(36-15-10-9-11-16-36,37-17-21-39(65-7)22-18-37)38-19-23-40(66-8)24-20-38/h9-11,15-24,29,32-34,41-43,46H,13,26-28,30-31H2,1-8H3,(H,56,62)(H,57,63)(H,58,61,64)/t41?,42?,43?,46-,49?,71?/m1/s1. The SMILES string of the molecule is COc1ccc(C(CC23COC(C2OP(OCCC#N)N(C(C)C)C(C)C)[C@H](n2cc(C#CCNC(=O)C(CC(C)C)NC(=O)C(F)(F)F)c(=O)[nH]c2=O)O3)(c2ccccc2)c2ccc(OC)cc2)cc1. The number of fused-ring (bicyclic) bond motifs is 2. The molecule has 5 unspecified atom stereocenters. The third-order valence-corrected chi connectivity index (χ3v) is 14.4. The lowest BCUT2D eigenvalue weighted by atomic mass is 9.63. The first-order valence-corrected chi connectivity index (χ1v) is 24.3. The maximum Gasteiger partial charge on any atom is 0.471 e. The molecule has 4 aromatic rings. The molecule has 2 aliphatic rings. The largest absolute Gasteiger partial charge is 0.497 e. The number of aromatic amines is 1. The van der Waals surface area contributed by atoms with E-state index in [1.54, 1.807) is 33.4 Å². The summed E-state index contributed by atoms with van der Waals surface area (Å²) in [7, 11) is 1.25. The predicted molar refractivity (Wildman–Crippen MR) is 258 cm³/mol. The molecule has 0 spiro atoms. The van der Waals surface area contributed by atoms with Crippen LogP contribution in [-0.2, 0) is 33.5 Å². The molecule has 6 atom stereocenters. The Hall–Kier alpha value is -6.05. The number of methoxy groups -OCH3 is 2. The Morgan fingerprint density at radius 1 is 0.930 bits per heavy atom. The highest BCUT2D eigenvalue weighted by molar-refractivity contribution is 7.44. The van der Waals surface area contributed by atoms with Gasteiger partial charge in [0.1, 0.15) is 40.9 Å². The summed E-state index contributed by atoms with van der Waals surface area (Å²) in [5.41, 5.74) is -1.68. The van der Waals surface area contributed by atoms with Gasteiger partial charge < -0.3 is 38.6 Å². The first kappa shape index (κ1) is 54.3. The van der Waals surface area contributed by atoms with Gasteiger partial charge in [-0.25, -0.2) is 9.46 Å². The monoisotopic (exact) mass is 1000 g/mol. The van der Waals surface area contributed by atoms with Crippen LogP contribution in [0.3, 0.4) is 0 Å². The number of hydrogen-bond acceptors (Lipinski definition) is 12. The lowest BCUT2D eigenvalue weighted by molar-refractivity contribution is -0.180. The molecule has 2 fully saturated rings. The second-order valence-corrected chi connectivity index (χ2v) is 19.6. The van der Waals surface area contributed by atoms with Crippen LogP contribution in [0.15, 0.2) is 94.6 Å². The Morgan fingerprint density at radius 2 is 1.52 bits per heavy atom. The number of alkyl halides is 3. The molecule has 380 valence electrons. The van der Waals surface area contributed by atoms with Crippen molar-refractivity contribution in [2.24, 2.45) is 5.92 Å². The second-order valence-electron chi connectivity index (χ2n) is 18.2. The van der Waals surface area contributed by atoms with Crippen LogP contribution in [-0.4, -0.2) is 102 Å². The molecule has 71 heavy (non-hydrogen) atoms. The molecule has 2 saturated heterocycles. The van der Waals surface area contributed by atoms with Crippen LogP contribution in [0.1, 0.15) is 89.3 Å². The molecule has 3 N–H and O–H groups in total. The number of ether oxygens (including phenoxy) is 4. The summed E-state index contributed by atoms with van der Waals surface area (Å²) in [5, 5.41) is 13.7. The highest BCUT2D eigenvalue weighted by Gasteiger charge is 2.66. The first-order chi connectivity index (χ1) is 33.8. The minimum atomic E-state index is -5.20. The second kappa shape index (κ2) is 23.5. The zero-order valence-electron chi connectivity index (χ0n) is 40.9. The van der Waals surface area contributed by atoms with Crippen molar-refractivity contribution in [3.8, 4) is 29.4 Å². The van der Waals surface area contributed by atoms with Crippen molar-refractivity contribution >= 4 is 20.3 Å². The van der Waals surface area contributed by atoms with E-state index in [1.165, 1.54) is 10.8 Å². The Balaban J connectivity index is 1.47. The van der Waals surface area contributed by atoms with E-state index < -0.39 is 79.8 Å². The van der Waals surface area contributed by atoms with E-state index >= 15 is 0 Å². The highest BCUT2D eigenvalue weighted by Crippen LogP contribution is 2.59. The van der Waals surface area contributed by atoms with Crippen LogP contribution in [0.2, 0.25) is 0 Å².